The minimum absolute atomic E-state index is 0.161. The highest BCUT2D eigenvalue weighted by atomic mass is 16.4. The first kappa shape index (κ1) is 21.4. The van der Waals surface area contributed by atoms with Crippen molar-refractivity contribution in [2.45, 2.75) is 52.6 Å². The van der Waals surface area contributed by atoms with E-state index in [2.05, 4.69) is 31.0 Å². The van der Waals surface area contributed by atoms with E-state index >= 15 is 0 Å². The van der Waals surface area contributed by atoms with Gasteiger partial charge in [0, 0.05) is 28.7 Å². The van der Waals surface area contributed by atoms with Crippen molar-refractivity contribution >= 4 is 27.9 Å². The molecule has 0 saturated heterocycles. The molecule has 0 aliphatic heterocycles. The number of benzene rings is 2. The molecule has 4 rings (SSSR count). The van der Waals surface area contributed by atoms with Gasteiger partial charge in [-0.05, 0) is 62.6 Å². The highest BCUT2D eigenvalue weighted by molar-refractivity contribution is 5.88. The molecule has 0 aliphatic carbocycles. The fourth-order valence-corrected chi connectivity index (χ4v) is 4.66. The van der Waals surface area contributed by atoms with E-state index in [9.17, 15) is 20.0 Å². The smallest absolute Gasteiger partial charge is 0.329 e. The van der Waals surface area contributed by atoms with Crippen LogP contribution in [-0.2, 0) is 4.79 Å². The maximum absolute atomic E-state index is 13.7. The van der Waals surface area contributed by atoms with Crippen LogP contribution in [0.4, 0.5) is 0 Å². The van der Waals surface area contributed by atoms with E-state index in [-0.39, 0.29) is 18.2 Å². The molecule has 2 N–H and O–H groups in total. The molecule has 2 unspecified atom stereocenters. The minimum Gasteiger partial charge on any atom is -0.481 e. The van der Waals surface area contributed by atoms with Gasteiger partial charge in [0.2, 0.25) is 0 Å². The van der Waals surface area contributed by atoms with Crippen LogP contribution in [0, 0.1) is 25.2 Å². The third kappa shape index (κ3) is 3.28. The summed E-state index contributed by atoms with van der Waals surface area (Å²) in [5.74, 6) is -0.961. The molecule has 2 aromatic carbocycles. The fourth-order valence-electron chi connectivity index (χ4n) is 4.66. The number of nitriles is 1. The lowest BCUT2D eigenvalue weighted by atomic mass is 9.99. The summed E-state index contributed by atoms with van der Waals surface area (Å²) in [4.78, 5) is 28.5. The van der Waals surface area contributed by atoms with Crippen molar-refractivity contribution in [3.8, 4) is 6.07 Å². The summed E-state index contributed by atoms with van der Waals surface area (Å²) >= 11 is 0. The molecule has 7 heteroatoms. The standard InChI is InChI=1S/C25H26N4O3/c1-5-18(11-23(30)31)29-22-10-17(12-26)7-9-21(22)28(25(29)32)16(4)19-13-27-20-8-6-14(2)15(3)24(19)20/h6-10,13,16,18,27H,5,11H2,1-4H3,(H,30,31). The number of aryl methyl sites for hydroxylation is 2. The average molecular weight is 431 g/mol. The maximum atomic E-state index is 13.7. The largest absolute Gasteiger partial charge is 0.481 e. The van der Waals surface area contributed by atoms with E-state index in [1.54, 1.807) is 27.3 Å². The lowest BCUT2D eigenvalue weighted by Gasteiger charge is -2.16. The van der Waals surface area contributed by atoms with Crippen LogP contribution >= 0.6 is 0 Å². The van der Waals surface area contributed by atoms with Gasteiger partial charge in [0.25, 0.3) is 0 Å². The molecular weight excluding hydrogens is 404 g/mol. The molecule has 4 aromatic rings. The van der Waals surface area contributed by atoms with Crippen molar-refractivity contribution in [2.75, 3.05) is 0 Å². The number of hydrogen-bond donors (Lipinski definition) is 2. The Labute approximate surface area is 185 Å². The van der Waals surface area contributed by atoms with Crippen LogP contribution in [0.25, 0.3) is 21.9 Å². The van der Waals surface area contributed by atoms with Crippen LogP contribution in [0.3, 0.4) is 0 Å². The molecule has 32 heavy (non-hydrogen) atoms. The molecule has 2 aromatic heterocycles. The van der Waals surface area contributed by atoms with Crippen LogP contribution in [0.15, 0.2) is 41.3 Å². The third-order valence-electron chi connectivity index (χ3n) is 6.53. The van der Waals surface area contributed by atoms with Crippen molar-refractivity contribution in [1.29, 1.82) is 5.26 Å². The maximum Gasteiger partial charge on any atom is 0.329 e. The van der Waals surface area contributed by atoms with Crippen LogP contribution in [0.1, 0.15) is 61.0 Å². The number of carbonyl (C=O) groups is 1. The number of nitrogens with one attached hydrogen (secondary N) is 1. The lowest BCUT2D eigenvalue weighted by Crippen LogP contribution is -2.30. The lowest BCUT2D eigenvalue weighted by molar-refractivity contribution is -0.137. The molecule has 2 atom stereocenters. The van der Waals surface area contributed by atoms with E-state index in [1.807, 2.05) is 26.1 Å². The SMILES string of the molecule is CCC(CC(=O)O)n1c(=O)n(C(C)c2c[nH]c3ccc(C)c(C)c23)c2ccc(C#N)cc21. The van der Waals surface area contributed by atoms with Gasteiger partial charge in [0.1, 0.15) is 0 Å². The summed E-state index contributed by atoms with van der Waals surface area (Å²) in [5.41, 5.74) is 5.77. The van der Waals surface area contributed by atoms with Gasteiger partial charge in [0.05, 0.1) is 35.1 Å². The second-order valence-electron chi connectivity index (χ2n) is 8.35. The predicted molar refractivity (Wildman–Crippen MR) is 124 cm³/mol. The Morgan fingerprint density at radius 2 is 1.94 bits per heavy atom. The Balaban J connectivity index is 2.01. The average Bonchev–Trinajstić information content (AvgIpc) is 3.32. The zero-order valence-corrected chi connectivity index (χ0v) is 18.6. The van der Waals surface area contributed by atoms with Gasteiger partial charge < -0.3 is 10.1 Å². The number of carboxylic acid groups (broad SMARTS) is 1. The van der Waals surface area contributed by atoms with Crippen molar-refractivity contribution in [2.24, 2.45) is 0 Å². The highest BCUT2D eigenvalue weighted by Crippen LogP contribution is 2.33. The van der Waals surface area contributed by atoms with E-state index in [0.717, 1.165) is 22.0 Å². The number of nitrogens with zero attached hydrogens (tertiary/aromatic N) is 3. The summed E-state index contributed by atoms with van der Waals surface area (Å²) in [7, 11) is 0. The molecule has 164 valence electrons. The van der Waals surface area contributed by atoms with Crippen LogP contribution < -0.4 is 5.69 Å². The Kier molecular flexibility index (Phi) is 5.39. The molecule has 0 radical (unpaired) electrons. The van der Waals surface area contributed by atoms with E-state index in [4.69, 9.17) is 0 Å². The molecule has 0 aliphatic rings. The number of aliphatic carboxylic acids is 1. The highest BCUT2D eigenvalue weighted by Gasteiger charge is 2.26. The number of hydrogen-bond acceptors (Lipinski definition) is 3. The predicted octanol–water partition coefficient (Wildman–Crippen LogP) is 4.81. The quantitative estimate of drug-likeness (QED) is 0.458. The minimum atomic E-state index is -0.961. The first-order valence-electron chi connectivity index (χ1n) is 10.7. The Hall–Kier alpha value is -3.79. The molecule has 0 saturated carbocycles. The number of H-pyrrole nitrogens is 1. The van der Waals surface area contributed by atoms with E-state index in [0.29, 0.717) is 23.0 Å². The van der Waals surface area contributed by atoms with Gasteiger partial charge in [-0.3, -0.25) is 13.9 Å². The first-order valence-corrected chi connectivity index (χ1v) is 10.7. The topological polar surface area (TPSA) is 104 Å². The number of aromatic nitrogens is 3. The number of imidazole rings is 1. The van der Waals surface area contributed by atoms with Crippen molar-refractivity contribution < 1.29 is 9.90 Å². The molecule has 0 spiro atoms. The second kappa shape index (κ2) is 8.04. The van der Waals surface area contributed by atoms with Gasteiger partial charge in [0.15, 0.2) is 0 Å². The summed E-state index contributed by atoms with van der Waals surface area (Å²) in [5, 5.41) is 19.9. The van der Waals surface area contributed by atoms with E-state index in [1.165, 1.54) is 5.56 Å². The van der Waals surface area contributed by atoms with Gasteiger partial charge in [-0.1, -0.05) is 13.0 Å². The van der Waals surface area contributed by atoms with Crippen LogP contribution in [0.2, 0.25) is 0 Å². The monoisotopic (exact) mass is 430 g/mol. The molecule has 0 bridgehead atoms. The molecular formula is C25H26N4O3. The molecule has 2 heterocycles. The summed E-state index contributed by atoms with van der Waals surface area (Å²) in [6.07, 6.45) is 2.27. The van der Waals surface area contributed by atoms with Crippen molar-refractivity contribution in [1.82, 2.24) is 14.1 Å². The number of carboxylic acids is 1. The third-order valence-corrected chi connectivity index (χ3v) is 6.53. The second-order valence-corrected chi connectivity index (χ2v) is 8.35. The Morgan fingerprint density at radius 1 is 1.19 bits per heavy atom. The fraction of sp³-hybridized carbons (Fsp3) is 0.320. The van der Waals surface area contributed by atoms with Gasteiger partial charge in [-0.2, -0.15) is 5.26 Å². The van der Waals surface area contributed by atoms with Gasteiger partial charge >= 0.3 is 11.7 Å². The van der Waals surface area contributed by atoms with Crippen LogP contribution in [-0.4, -0.2) is 25.2 Å². The van der Waals surface area contributed by atoms with Crippen LogP contribution in [0.5, 0.6) is 0 Å². The first-order chi connectivity index (χ1) is 15.3. The van der Waals surface area contributed by atoms with Gasteiger partial charge in [-0.15, -0.1) is 0 Å². The van der Waals surface area contributed by atoms with Crippen molar-refractivity contribution in [3.05, 3.63) is 69.3 Å². The molecule has 0 amide bonds. The Morgan fingerprint density at radius 3 is 2.59 bits per heavy atom. The molecule has 0 fully saturated rings. The summed E-state index contributed by atoms with van der Waals surface area (Å²) in [6, 6.07) is 10.6. The van der Waals surface area contributed by atoms with Crippen molar-refractivity contribution in [3.63, 3.8) is 0 Å². The normalized spacial score (nSPS) is 13.3. The van der Waals surface area contributed by atoms with Gasteiger partial charge in [-0.25, -0.2) is 4.79 Å². The molecule has 7 nitrogen and oxygen atoms in total. The Bertz CT molecular complexity index is 1450. The zero-order valence-electron chi connectivity index (χ0n) is 18.6. The summed E-state index contributed by atoms with van der Waals surface area (Å²) in [6.45, 7) is 7.99. The number of rotatable bonds is 6. The number of fused-ring (bicyclic) bond motifs is 2. The zero-order chi connectivity index (χ0) is 23.2. The number of aromatic amines is 1. The van der Waals surface area contributed by atoms with E-state index < -0.39 is 12.0 Å². The summed E-state index contributed by atoms with van der Waals surface area (Å²) < 4.78 is 3.26.